The fraction of sp³-hybridized carbons (Fsp3) is 0.533. The summed E-state index contributed by atoms with van der Waals surface area (Å²) >= 11 is 0. The minimum Gasteiger partial charge on any atom is -0.379 e. The lowest BCUT2D eigenvalue weighted by molar-refractivity contribution is -0.120. The van der Waals surface area contributed by atoms with E-state index in [1.54, 1.807) is 0 Å². The lowest BCUT2D eigenvalue weighted by atomic mass is 10.0. The van der Waals surface area contributed by atoms with Crippen LogP contribution in [-0.2, 0) is 9.53 Å². The highest BCUT2D eigenvalue weighted by Gasteiger charge is 2.33. The SMILES string of the molecule is CCNC1COCC1C(=O)Nc1ccc(C)c(C)c1. The van der Waals surface area contributed by atoms with Gasteiger partial charge in [-0.05, 0) is 43.7 Å². The largest absolute Gasteiger partial charge is 0.379 e. The second-order valence-corrected chi connectivity index (χ2v) is 5.10. The van der Waals surface area contributed by atoms with Crippen LogP contribution >= 0.6 is 0 Å². The Hall–Kier alpha value is -1.39. The Balaban J connectivity index is 2.02. The fourth-order valence-corrected chi connectivity index (χ4v) is 2.33. The highest BCUT2D eigenvalue weighted by atomic mass is 16.5. The molecule has 1 aliphatic rings. The number of ether oxygens (including phenoxy) is 1. The van der Waals surface area contributed by atoms with Gasteiger partial charge in [-0.25, -0.2) is 0 Å². The second-order valence-electron chi connectivity index (χ2n) is 5.10. The molecule has 0 aliphatic carbocycles. The summed E-state index contributed by atoms with van der Waals surface area (Å²) in [6.07, 6.45) is 0. The van der Waals surface area contributed by atoms with Gasteiger partial charge in [-0.3, -0.25) is 4.79 Å². The molecule has 4 heteroatoms. The minimum atomic E-state index is -0.110. The van der Waals surface area contributed by atoms with Crippen molar-refractivity contribution >= 4 is 11.6 Å². The highest BCUT2D eigenvalue weighted by Crippen LogP contribution is 2.19. The van der Waals surface area contributed by atoms with Crippen LogP contribution in [0.2, 0.25) is 0 Å². The number of anilines is 1. The third-order valence-electron chi connectivity index (χ3n) is 3.66. The zero-order chi connectivity index (χ0) is 13.8. The standard InChI is InChI=1S/C15H22N2O2/c1-4-16-14-9-19-8-13(14)15(18)17-12-6-5-10(2)11(3)7-12/h5-7,13-14,16H,4,8-9H2,1-3H3,(H,17,18). The summed E-state index contributed by atoms with van der Waals surface area (Å²) in [6.45, 7) is 8.10. The predicted octanol–water partition coefficient (Wildman–Crippen LogP) is 1.87. The van der Waals surface area contributed by atoms with Gasteiger partial charge in [-0.15, -0.1) is 0 Å². The fourth-order valence-electron chi connectivity index (χ4n) is 2.33. The molecule has 0 radical (unpaired) electrons. The van der Waals surface area contributed by atoms with Crippen molar-refractivity contribution in [3.05, 3.63) is 29.3 Å². The van der Waals surface area contributed by atoms with Gasteiger partial charge in [0.05, 0.1) is 19.1 Å². The van der Waals surface area contributed by atoms with Gasteiger partial charge in [-0.1, -0.05) is 13.0 Å². The van der Waals surface area contributed by atoms with E-state index in [1.807, 2.05) is 32.0 Å². The van der Waals surface area contributed by atoms with E-state index in [2.05, 4.69) is 17.6 Å². The number of benzene rings is 1. The van der Waals surface area contributed by atoms with E-state index < -0.39 is 0 Å². The molecule has 2 rings (SSSR count). The number of nitrogens with one attached hydrogen (secondary N) is 2. The van der Waals surface area contributed by atoms with Crippen LogP contribution in [0.3, 0.4) is 0 Å². The average molecular weight is 262 g/mol. The van der Waals surface area contributed by atoms with E-state index >= 15 is 0 Å². The maximum Gasteiger partial charge on any atom is 0.231 e. The van der Waals surface area contributed by atoms with Crippen molar-refractivity contribution in [2.24, 2.45) is 5.92 Å². The van der Waals surface area contributed by atoms with Crippen LogP contribution in [0.4, 0.5) is 5.69 Å². The quantitative estimate of drug-likeness (QED) is 0.871. The van der Waals surface area contributed by atoms with Gasteiger partial charge in [-0.2, -0.15) is 0 Å². The number of amides is 1. The Morgan fingerprint density at radius 2 is 2.11 bits per heavy atom. The molecule has 1 fully saturated rings. The molecular weight excluding hydrogens is 240 g/mol. The Labute approximate surface area is 114 Å². The number of hydrogen-bond acceptors (Lipinski definition) is 3. The zero-order valence-corrected chi connectivity index (χ0v) is 11.8. The van der Waals surface area contributed by atoms with Crippen molar-refractivity contribution < 1.29 is 9.53 Å². The number of carbonyl (C=O) groups excluding carboxylic acids is 1. The van der Waals surface area contributed by atoms with E-state index in [0.717, 1.165) is 12.2 Å². The van der Waals surface area contributed by atoms with Gasteiger partial charge in [0.25, 0.3) is 0 Å². The van der Waals surface area contributed by atoms with E-state index in [4.69, 9.17) is 4.74 Å². The van der Waals surface area contributed by atoms with Crippen LogP contribution in [-0.4, -0.2) is 31.7 Å². The normalized spacial score (nSPS) is 22.5. The number of aryl methyl sites for hydroxylation is 2. The summed E-state index contributed by atoms with van der Waals surface area (Å²) in [4.78, 5) is 12.3. The van der Waals surface area contributed by atoms with Crippen LogP contribution in [0.5, 0.6) is 0 Å². The number of hydrogen-bond donors (Lipinski definition) is 2. The Kier molecular flexibility index (Phi) is 4.56. The summed E-state index contributed by atoms with van der Waals surface area (Å²) in [7, 11) is 0. The van der Waals surface area contributed by atoms with Crippen molar-refractivity contribution in [2.75, 3.05) is 25.1 Å². The molecule has 0 aromatic heterocycles. The summed E-state index contributed by atoms with van der Waals surface area (Å²) in [5.74, 6) is -0.0757. The molecule has 0 bridgehead atoms. The second kappa shape index (κ2) is 6.17. The molecule has 0 spiro atoms. The summed E-state index contributed by atoms with van der Waals surface area (Å²) in [6, 6.07) is 6.10. The summed E-state index contributed by atoms with van der Waals surface area (Å²) < 4.78 is 5.40. The van der Waals surface area contributed by atoms with Gasteiger partial charge in [0, 0.05) is 11.7 Å². The molecule has 0 saturated carbocycles. The first-order valence-electron chi connectivity index (χ1n) is 6.81. The van der Waals surface area contributed by atoms with Crippen molar-refractivity contribution in [2.45, 2.75) is 26.8 Å². The van der Waals surface area contributed by atoms with Crippen LogP contribution < -0.4 is 10.6 Å². The Bertz CT molecular complexity index is 459. The molecule has 2 atom stereocenters. The molecule has 1 saturated heterocycles. The summed E-state index contributed by atoms with van der Waals surface area (Å²) in [5, 5.41) is 6.28. The van der Waals surface area contributed by atoms with E-state index in [0.29, 0.717) is 13.2 Å². The van der Waals surface area contributed by atoms with Crippen molar-refractivity contribution in [3.63, 3.8) is 0 Å². The first-order chi connectivity index (χ1) is 9.11. The van der Waals surface area contributed by atoms with Crippen molar-refractivity contribution in [3.8, 4) is 0 Å². The molecular formula is C15H22N2O2. The van der Waals surface area contributed by atoms with E-state index in [-0.39, 0.29) is 17.9 Å². The molecule has 1 amide bonds. The molecule has 19 heavy (non-hydrogen) atoms. The molecule has 1 heterocycles. The third kappa shape index (κ3) is 3.33. The van der Waals surface area contributed by atoms with Crippen LogP contribution in [0.15, 0.2) is 18.2 Å². The lowest BCUT2D eigenvalue weighted by Crippen LogP contribution is -2.41. The first kappa shape index (κ1) is 14.0. The maximum absolute atomic E-state index is 12.3. The minimum absolute atomic E-state index is 0.0340. The molecule has 104 valence electrons. The van der Waals surface area contributed by atoms with Gasteiger partial charge in [0.15, 0.2) is 0 Å². The van der Waals surface area contributed by atoms with E-state index in [9.17, 15) is 4.79 Å². The van der Waals surface area contributed by atoms with Crippen molar-refractivity contribution in [1.29, 1.82) is 0 Å². The van der Waals surface area contributed by atoms with Gasteiger partial charge in [0.2, 0.25) is 5.91 Å². The Morgan fingerprint density at radius 3 is 2.79 bits per heavy atom. The summed E-state index contributed by atoms with van der Waals surface area (Å²) in [5.41, 5.74) is 3.27. The maximum atomic E-state index is 12.3. The number of rotatable bonds is 4. The van der Waals surface area contributed by atoms with Crippen LogP contribution in [0, 0.1) is 19.8 Å². The van der Waals surface area contributed by atoms with Gasteiger partial charge < -0.3 is 15.4 Å². The lowest BCUT2D eigenvalue weighted by Gasteiger charge is -2.18. The molecule has 1 aromatic rings. The van der Waals surface area contributed by atoms with Crippen molar-refractivity contribution in [1.82, 2.24) is 5.32 Å². The van der Waals surface area contributed by atoms with E-state index in [1.165, 1.54) is 11.1 Å². The highest BCUT2D eigenvalue weighted by molar-refractivity contribution is 5.93. The third-order valence-corrected chi connectivity index (χ3v) is 3.66. The van der Waals surface area contributed by atoms with Crippen LogP contribution in [0.1, 0.15) is 18.1 Å². The molecule has 1 aromatic carbocycles. The molecule has 4 nitrogen and oxygen atoms in total. The number of likely N-dealkylation sites (N-methyl/N-ethyl adjacent to an activating group) is 1. The molecule has 2 unspecified atom stereocenters. The molecule has 2 N–H and O–H groups in total. The monoisotopic (exact) mass is 262 g/mol. The molecule has 1 aliphatic heterocycles. The van der Waals surface area contributed by atoms with Gasteiger partial charge in [0.1, 0.15) is 0 Å². The smallest absolute Gasteiger partial charge is 0.231 e. The predicted molar refractivity (Wildman–Crippen MR) is 76.3 cm³/mol. The topological polar surface area (TPSA) is 50.4 Å². The average Bonchev–Trinajstić information content (AvgIpc) is 2.83. The first-order valence-corrected chi connectivity index (χ1v) is 6.81. The Morgan fingerprint density at radius 1 is 1.32 bits per heavy atom. The zero-order valence-electron chi connectivity index (χ0n) is 11.8. The van der Waals surface area contributed by atoms with Gasteiger partial charge >= 0.3 is 0 Å². The number of carbonyl (C=O) groups is 1. The van der Waals surface area contributed by atoms with Crippen LogP contribution in [0.25, 0.3) is 0 Å².